The average molecular weight is 323 g/mol. The molecule has 1 aliphatic rings. The molecule has 0 aliphatic carbocycles. The molecule has 24 heavy (non-hydrogen) atoms. The summed E-state index contributed by atoms with van der Waals surface area (Å²) in [6, 6.07) is 6.44. The molecule has 0 radical (unpaired) electrons. The van der Waals surface area contributed by atoms with Crippen LogP contribution in [0.5, 0.6) is 0 Å². The first-order chi connectivity index (χ1) is 11.3. The minimum Gasteiger partial charge on any atom is -0.427 e. The monoisotopic (exact) mass is 323 g/mol. The van der Waals surface area contributed by atoms with Crippen LogP contribution in [0.3, 0.4) is 0 Å². The zero-order chi connectivity index (χ0) is 17.5. The molecule has 5 nitrogen and oxygen atoms in total. The second kappa shape index (κ2) is 6.08. The number of hydrogen-bond donors (Lipinski definition) is 2. The first kappa shape index (κ1) is 16.8. The van der Waals surface area contributed by atoms with Gasteiger partial charge in [-0.25, -0.2) is 0 Å². The van der Waals surface area contributed by atoms with Crippen LogP contribution >= 0.6 is 0 Å². The number of anilines is 1. The summed E-state index contributed by atoms with van der Waals surface area (Å²) in [7, 11) is -1.25. The SMILES string of the molecule is Cc1cc2ncc(C#N)c(N3CC(C)(CCB(O)O)C3)c2cc1C. The Morgan fingerprint density at radius 1 is 1.29 bits per heavy atom. The van der Waals surface area contributed by atoms with Gasteiger partial charge in [0.05, 0.1) is 16.8 Å². The zero-order valence-electron chi connectivity index (χ0n) is 14.4. The van der Waals surface area contributed by atoms with Crippen molar-refractivity contribution < 1.29 is 10.0 Å². The fraction of sp³-hybridized carbons (Fsp3) is 0.444. The molecule has 124 valence electrons. The van der Waals surface area contributed by atoms with Crippen molar-refractivity contribution >= 4 is 23.7 Å². The van der Waals surface area contributed by atoms with Crippen molar-refractivity contribution in [3.8, 4) is 6.07 Å². The van der Waals surface area contributed by atoms with Crippen LogP contribution in [0.1, 0.15) is 30.0 Å². The summed E-state index contributed by atoms with van der Waals surface area (Å²) in [4.78, 5) is 6.65. The van der Waals surface area contributed by atoms with Gasteiger partial charge in [-0.1, -0.05) is 6.92 Å². The Kier molecular flexibility index (Phi) is 4.24. The van der Waals surface area contributed by atoms with Gasteiger partial charge in [0.15, 0.2) is 0 Å². The van der Waals surface area contributed by atoms with Crippen molar-refractivity contribution in [1.82, 2.24) is 4.98 Å². The molecule has 1 aromatic heterocycles. The molecule has 2 N–H and O–H groups in total. The molecule has 1 saturated heterocycles. The summed E-state index contributed by atoms with van der Waals surface area (Å²) in [5.74, 6) is 0. The van der Waals surface area contributed by atoms with E-state index in [9.17, 15) is 5.26 Å². The molecule has 0 unspecified atom stereocenters. The summed E-state index contributed by atoms with van der Waals surface area (Å²) in [5.41, 5.74) is 4.88. The maximum atomic E-state index is 9.49. The lowest BCUT2D eigenvalue weighted by Gasteiger charge is -2.50. The average Bonchev–Trinajstić information content (AvgIpc) is 2.50. The molecule has 2 heterocycles. The minimum atomic E-state index is -1.25. The first-order valence-corrected chi connectivity index (χ1v) is 8.24. The molecule has 2 aromatic rings. The number of nitrogens with zero attached hydrogens (tertiary/aromatic N) is 3. The molecular formula is C18H22BN3O2. The largest absolute Gasteiger partial charge is 0.451 e. The molecule has 1 fully saturated rings. The minimum absolute atomic E-state index is 0.0474. The van der Waals surface area contributed by atoms with Gasteiger partial charge in [-0.05, 0) is 49.8 Å². The fourth-order valence-electron chi connectivity index (χ4n) is 3.53. The molecule has 1 aromatic carbocycles. The van der Waals surface area contributed by atoms with E-state index in [0.29, 0.717) is 11.9 Å². The molecule has 6 heteroatoms. The second-order valence-corrected chi connectivity index (χ2v) is 7.27. The van der Waals surface area contributed by atoms with Gasteiger partial charge >= 0.3 is 7.12 Å². The van der Waals surface area contributed by atoms with Gasteiger partial charge in [0.2, 0.25) is 0 Å². The van der Waals surface area contributed by atoms with Crippen molar-refractivity contribution in [3.05, 3.63) is 35.0 Å². The maximum Gasteiger partial charge on any atom is 0.451 e. The maximum absolute atomic E-state index is 9.49. The van der Waals surface area contributed by atoms with Crippen molar-refractivity contribution in [3.63, 3.8) is 0 Å². The van der Waals surface area contributed by atoms with Crippen LogP contribution in [0.4, 0.5) is 5.69 Å². The molecule has 0 amide bonds. The number of rotatable bonds is 4. The van der Waals surface area contributed by atoms with Gasteiger partial charge in [0.25, 0.3) is 0 Å². The highest BCUT2D eigenvalue weighted by Gasteiger charge is 2.40. The quantitative estimate of drug-likeness (QED) is 0.845. The van der Waals surface area contributed by atoms with E-state index < -0.39 is 7.12 Å². The normalized spacial score (nSPS) is 15.9. The molecule has 3 rings (SSSR count). The lowest BCUT2D eigenvalue weighted by molar-refractivity contribution is 0.227. The Hall–Kier alpha value is -2.10. The van der Waals surface area contributed by atoms with Crippen LogP contribution in [0.15, 0.2) is 18.3 Å². The van der Waals surface area contributed by atoms with Gasteiger partial charge in [-0.15, -0.1) is 0 Å². The highest BCUT2D eigenvalue weighted by atomic mass is 16.4. The molecule has 0 spiro atoms. The van der Waals surface area contributed by atoms with Gasteiger partial charge in [0, 0.05) is 30.1 Å². The van der Waals surface area contributed by atoms with Crippen molar-refractivity contribution in [2.75, 3.05) is 18.0 Å². The van der Waals surface area contributed by atoms with Gasteiger partial charge < -0.3 is 14.9 Å². The number of hydrogen-bond acceptors (Lipinski definition) is 5. The van der Waals surface area contributed by atoms with Gasteiger partial charge in [-0.2, -0.15) is 5.26 Å². The van der Waals surface area contributed by atoms with Gasteiger partial charge in [-0.3, -0.25) is 4.98 Å². The van der Waals surface area contributed by atoms with Crippen LogP contribution in [0.25, 0.3) is 10.9 Å². The highest BCUT2D eigenvalue weighted by Crippen LogP contribution is 2.42. The standard InChI is InChI=1S/C18H22BN3O2/c1-12-6-15-16(7-13(12)2)21-9-14(8-20)17(15)22-10-18(3,11-22)4-5-19(23)24/h6-7,9,23-24H,4-5,10-11H2,1-3H3. The van der Waals surface area contributed by atoms with E-state index >= 15 is 0 Å². The van der Waals surface area contributed by atoms with E-state index in [2.05, 4.69) is 48.9 Å². The summed E-state index contributed by atoms with van der Waals surface area (Å²) in [5, 5.41) is 28.7. The predicted octanol–water partition coefficient (Wildman–Crippen LogP) is 2.41. The Balaban J connectivity index is 1.95. The molecular weight excluding hydrogens is 301 g/mol. The third-order valence-corrected chi connectivity index (χ3v) is 5.04. The number of aromatic nitrogens is 1. The first-order valence-electron chi connectivity index (χ1n) is 8.24. The number of aryl methyl sites for hydroxylation is 2. The Bertz CT molecular complexity index is 823. The smallest absolute Gasteiger partial charge is 0.427 e. The molecule has 0 bridgehead atoms. The van der Waals surface area contributed by atoms with E-state index in [1.54, 1.807) is 6.20 Å². The van der Waals surface area contributed by atoms with Gasteiger partial charge in [0.1, 0.15) is 6.07 Å². The lowest BCUT2D eigenvalue weighted by Crippen LogP contribution is -2.55. The van der Waals surface area contributed by atoms with E-state index in [1.165, 1.54) is 11.1 Å². The lowest BCUT2D eigenvalue weighted by atomic mass is 9.70. The topological polar surface area (TPSA) is 80.4 Å². The molecule has 0 atom stereocenters. The summed E-state index contributed by atoms with van der Waals surface area (Å²) >= 11 is 0. The Morgan fingerprint density at radius 3 is 2.58 bits per heavy atom. The Morgan fingerprint density at radius 2 is 1.96 bits per heavy atom. The van der Waals surface area contributed by atoms with E-state index in [0.717, 1.165) is 36.1 Å². The number of pyridine rings is 1. The number of fused-ring (bicyclic) bond motifs is 1. The molecule has 1 aliphatic heterocycles. The summed E-state index contributed by atoms with van der Waals surface area (Å²) in [6.45, 7) is 7.90. The summed E-state index contributed by atoms with van der Waals surface area (Å²) in [6.07, 6.45) is 2.79. The fourth-order valence-corrected chi connectivity index (χ4v) is 3.53. The zero-order valence-corrected chi connectivity index (χ0v) is 14.4. The van der Waals surface area contributed by atoms with Crippen LogP contribution in [-0.2, 0) is 0 Å². The predicted molar refractivity (Wildman–Crippen MR) is 95.9 cm³/mol. The molecule has 0 saturated carbocycles. The van der Waals surface area contributed by atoms with Crippen molar-refractivity contribution in [2.45, 2.75) is 33.5 Å². The van der Waals surface area contributed by atoms with Crippen molar-refractivity contribution in [1.29, 1.82) is 5.26 Å². The number of nitriles is 1. The van der Waals surface area contributed by atoms with Crippen LogP contribution in [-0.4, -0.2) is 35.2 Å². The van der Waals surface area contributed by atoms with E-state index in [4.69, 9.17) is 10.0 Å². The Labute approximate surface area is 142 Å². The van der Waals surface area contributed by atoms with E-state index in [1.807, 2.05) is 0 Å². The second-order valence-electron chi connectivity index (χ2n) is 7.27. The third kappa shape index (κ3) is 2.97. The summed E-state index contributed by atoms with van der Waals surface area (Å²) < 4.78 is 0. The van der Waals surface area contributed by atoms with Crippen molar-refractivity contribution in [2.24, 2.45) is 5.41 Å². The van der Waals surface area contributed by atoms with Crippen LogP contribution in [0.2, 0.25) is 6.32 Å². The van der Waals surface area contributed by atoms with E-state index in [-0.39, 0.29) is 5.41 Å². The number of benzene rings is 1. The third-order valence-electron chi connectivity index (χ3n) is 5.04. The highest BCUT2D eigenvalue weighted by molar-refractivity contribution is 6.40. The van der Waals surface area contributed by atoms with Crippen LogP contribution < -0.4 is 4.90 Å². The van der Waals surface area contributed by atoms with Crippen LogP contribution in [0, 0.1) is 30.6 Å².